The van der Waals surface area contributed by atoms with Crippen LogP contribution in [0.1, 0.15) is 18.7 Å². The maximum atomic E-state index is 13.7. The number of halogens is 2. The summed E-state index contributed by atoms with van der Waals surface area (Å²) in [5.74, 6) is -1.98. The molecular formula is C12H10F2N2O3. The minimum Gasteiger partial charge on any atom is -0.467 e. The number of furan rings is 1. The Bertz CT molecular complexity index is 599. The second-order valence-corrected chi connectivity index (χ2v) is 3.89. The third-order valence-electron chi connectivity index (χ3n) is 2.60. The first-order chi connectivity index (χ1) is 9.00. The molecule has 2 aromatic rings. The van der Waals surface area contributed by atoms with E-state index in [0.29, 0.717) is 5.76 Å². The van der Waals surface area contributed by atoms with Gasteiger partial charge in [-0.25, -0.2) is 8.78 Å². The van der Waals surface area contributed by atoms with Crippen molar-refractivity contribution in [3.05, 3.63) is 58.0 Å². The molecule has 2 rings (SSSR count). The van der Waals surface area contributed by atoms with Crippen LogP contribution in [0, 0.1) is 21.7 Å². The molecule has 1 N–H and O–H groups in total. The van der Waals surface area contributed by atoms with E-state index < -0.39 is 34.0 Å². The molecule has 1 unspecified atom stereocenters. The van der Waals surface area contributed by atoms with Crippen molar-refractivity contribution in [2.24, 2.45) is 0 Å². The topological polar surface area (TPSA) is 68.3 Å². The van der Waals surface area contributed by atoms with Gasteiger partial charge in [0.05, 0.1) is 17.2 Å². The molecule has 19 heavy (non-hydrogen) atoms. The number of nitrogens with zero attached hydrogens (tertiary/aromatic N) is 1. The van der Waals surface area contributed by atoms with E-state index in [1.165, 1.54) is 6.26 Å². The molecule has 0 saturated carbocycles. The third-order valence-corrected chi connectivity index (χ3v) is 2.60. The van der Waals surface area contributed by atoms with E-state index in [4.69, 9.17) is 4.42 Å². The van der Waals surface area contributed by atoms with Gasteiger partial charge in [-0.3, -0.25) is 10.1 Å². The Labute approximate surface area is 107 Å². The fourth-order valence-corrected chi connectivity index (χ4v) is 1.66. The van der Waals surface area contributed by atoms with Crippen LogP contribution in [0.15, 0.2) is 34.9 Å². The predicted molar refractivity (Wildman–Crippen MR) is 63.8 cm³/mol. The molecule has 0 fully saturated rings. The van der Waals surface area contributed by atoms with Crippen LogP contribution in [-0.4, -0.2) is 4.92 Å². The van der Waals surface area contributed by atoms with Crippen molar-refractivity contribution in [3.63, 3.8) is 0 Å². The van der Waals surface area contributed by atoms with Crippen molar-refractivity contribution in [2.75, 3.05) is 5.32 Å². The van der Waals surface area contributed by atoms with Gasteiger partial charge in [0.25, 0.3) is 5.69 Å². The maximum absolute atomic E-state index is 13.7. The minimum absolute atomic E-state index is 0.456. The first kappa shape index (κ1) is 13.0. The van der Waals surface area contributed by atoms with Crippen LogP contribution >= 0.6 is 0 Å². The minimum atomic E-state index is -1.28. The van der Waals surface area contributed by atoms with Crippen molar-refractivity contribution in [3.8, 4) is 0 Å². The highest BCUT2D eigenvalue weighted by atomic mass is 19.2. The van der Waals surface area contributed by atoms with Gasteiger partial charge in [0, 0.05) is 6.07 Å². The number of nitrogens with one attached hydrogen (secondary N) is 1. The van der Waals surface area contributed by atoms with Gasteiger partial charge < -0.3 is 9.73 Å². The Balaban J connectivity index is 2.38. The van der Waals surface area contributed by atoms with Gasteiger partial charge >= 0.3 is 0 Å². The summed E-state index contributed by atoms with van der Waals surface area (Å²) in [6, 6.07) is 4.35. The maximum Gasteiger partial charge on any atom is 0.295 e. The van der Waals surface area contributed by atoms with E-state index >= 15 is 0 Å². The normalized spacial score (nSPS) is 12.2. The van der Waals surface area contributed by atoms with E-state index in [-0.39, 0.29) is 0 Å². The predicted octanol–water partition coefficient (Wildman–Crippen LogP) is 3.64. The van der Waals surface area contributed by atoms with Crippen molar-refractivity contribution >= 4 is 11.4 Å². The standard InChI is InChI=1S/C12H10F2N2O3/c1-7(10-3-2-6-19-10)15-12-9(16(17)18)5-4-8(13)11(12)14/h2-7,15H,1H3. The lowest BCUT2D eigenvalue weighted by Crippen LogP contribution is -2.10. The summed E-state index contributed by atoms with van der Waals surface area (Å²) in [6.45, 7) is 1.62. The molecule has 0 aliphatic rings. The molecule has 1 atom stereocenters. The average molecular weight is 268 g/mol. The van der Waals surface area contributed by atoms with Crippen molar-refractivity contribution in [1.82, 2.24) is 0 Å². The molecule has 0 radical (unpaired) electrons. The van der Waals surface area contributed by atoms with Gasteiger partial charge in [-0.1, -0.05) is 0 Å². The number of benzene rings is 1. The molecule has 1 aromatic carbocycles. The van der Waals surface area contributed by atoms with Gasteiger partial charge in [0.1, 0.15) is 5.76 Å². The molecule has 0 amide bonds. The van der Waals surface area contributed by atoms with Crippen LogP contribution in [0.5, 0.6) is 0 Å². The molecule has 100 valence electrons. The zero-order valence-corrected chi connectivity index (χ0v) is 9.89. The number of hydrogen-bond donors (Lipinski definition) is 1. The van der Waals surface area contributed by atoms with E-state index in [9.17, 15) is 18.9 Å². The summed E-state index contributed by atoms with van der Waals surface area (Å²) in [5, 5.41) is 13.4. The fraction of sp³-hybridized carbons (Fsp3) is 0.167. The van der Waals surface area contributed by atoms with E-state index in [2.05, 4.69) is 5.32 Å². The summed E-state index contributed by atoms with van der Waals surface area (Å²) < 4.78 is 31.9. The van der Waals surface area contributed by atoms with Gasteiger partial charge in [0.15, 0.2) is 17.3 Å². The first-order valence-electron chi connectivity index (χ1n) is 5.43. The third kappa shape index (κ3) is 2.54. The van der Waals surface area contributed by atoms with E-state index in [0.717, 1.165) is 12.1 Å². The molecule has 1 aromatic heterocycles. The van der Waals surface area contributed by atoms with Crippen LogP contribution in [0.3, 0.4) is 0 Å². The first-order valence-corrected chi connectivity index (χ1v) is 5.43. The second kappa shape index (κ2) is 5.05. The molecule has 0 bridgehead atoms. The van der Waals surface area contributed by atoms with Crippen LogP contribution in [0.25, 0.3) is 0 Å². The van der Waals surface area contributed by atoms with Crippen molar-refractivity contribution in [1.29, 1.82) is 0 Å². The molecule has 0 aliphatic heterocycles. The molecule has 0 spiro atoms. The van der Waals surface area contributed by atoms with Crippen LogP contribution in [0.2, 0.25) is 0 Å². The summed E-state index contributed by atoms with van der Waals surface area (Å²) >= 11 is 0. The van der Waals surface area contributed by atoms with Gasteiger partial charge in [0.2, 0.25) is 0 Å². The summed E-state index contributed by atoms with van der Waals surface area (Å²) in [5.41, 5.74) is -1.02. The van der Waals surface area contributed by atoms with Gasteiger partial charge in [-0.2, -0.15) is 0 Å². The smallest absolute Gasteiger partial charge is 0.295 e. The van der Waals surface area contributed by atoms with Gasteiger partial charge in [-0.05, 0) is 25.1 Å². The SMILES string of the molecule is CC(Nc1c([N+](=O)[O-])ccc(F)c1F)c1ccco1. The van der Waals surface area contributed by atoms with Crippen LogP contribution in [-0.2, 0) is 0 Å². The van der Waals surface area contributed by atoms with Crippen LogP contribution in [0.4, 0.5) is 20.2 Å². The number of anilines is 1. The van der Waals surface area contributed by atoms with Crippen molar-refractivity contribution in [2.45, 2.75) is 13.0 Å². The Hall–Kier alpha value is -2.44. The largest absolute Gasteiger partial charge is 0.467 e. The number of nitro benzene ring substituents is 1. The van der Waals surface area contributed by atoms with E-state index in [1.54, 1.807) is 19.1 Å². The highest BCUT2D eigenvalue weighted by molar-refractivity contribution is 5.63. The number of rotatable bonds is 4. The Morgan fingerprint density at radius 3 is 2.68 bits per heavy atom. The zero-order chi connectivity index (χ0) is 14.0. The highest BCUT2D eigenvalue weighted by Gasteiger charge is 2.23. The molecular weight excluding hydrogens is 258 g/mol. The van der Waals surface area contributed by atoms with Gasteiger partial charge in [-0.15, -0.1) is 0 Å². The Morgan fingerprint density at radius 1 is 1.37 bits per heavy atom. The Morgan fingerprint density at radius 2 is 2.11 bits per heavy atom. The molecule has 1 heterocycles. The molecule has 7 heteroatoms. The highest BCUT2D eigenvalue weighted by Crippen LogP contribution is 2.32. The average Bonchev–Trinajstić information content (AvgIpc) is 2.88. The summed E-state index contributed by atoms with van der Waals surface area (Å²) in [4.78, 5) is 10.0. The van der Waals surface area contributed by atoms with Crippen molar-refractivity contribution < 1.29 is 18.1 Å². The quantitative estimate of drug-likeness (QED) is 0.679. The fourth-order valence-electron chi connectivity index (χ4n) is 1.66. The zero-order valence-electron chi connectivity index (χ0n) is 9.89. The lowest BCUT2D eigenvalue weighted by Gasteiger charge is -2.13. The second-order valence-electron chi connectivity index (χ2n) is 3.89. The molecule has 0 aliphatic carbocycles. The Kier molecular flexibility index (Phi) is 3.46. The monoisotopic (exact) mass is 268 g/mol. The number of hydrogen-bond acceptors (Lipinski definition) is 4. The van der Waals surface area contributed by atoms with E-state index in [1.807, 2.05) is 0 Å². The summed E-state index contributed by atoms with van der Waals surface area (Å²) in [6.07, 6.45) is 1.42. The lowest BCUT2D eigenvalue weighted by molar-refractivity contribution is -0.384. The van der Waals surface area contributed by atoms with Crippen LogP contribution < -0.4 is 5.32 Å². The molecule has 0 saturated heterocycles. The molecule has 5 nitrogen and oxygen atoms in total. The lowest BCUT2D eigenvalue weighted by atomic mass is 10.2. The summed E-state index contributed by atoms with van der Waals surface area (Å²) in [7, 11) is 0. The number of nitro groups is 1.